The van der Waals surface area contributed by atoms with Crippen LogP contribution in [0, 0.1) is 0 Å². The van der Waals surface area contributed by atoms with Crippen LogP contribution in [0.4, 0.5) is 38.0 Å². The zero-order valence-corrected chi connectivity index (χ0v) is 60.6. The molecule has 0 spiro atoms. The van der Waals surface area contributed by atoms with Gasteiger partial charge in [0, 0.05) is 25.9 Å². The minimum absolute atomic E-state index is 0.0161. The van der Waals surface area contributed by atoms with Crippen LogP contribution >= 0.6 is 0 Å². The Morgan fingerprint density at radius 1 is 0.467 bits per heavy atom. The Kier molecular flexibility index (Phi) is 39.2. The fraction of sp³-hybridized carbons (Fsp3) is 0.735. The van der Waals surface area contributed by atoms with Crippen LogP contribution < -0.4 is 26.6 Å². The van der Waals surface area contributed by atoms with Crippen molar-refractivity contribution in [2.75, 3.05) is 209 Å². The normalized spacial score (nSPS) is 21.3. The van der Waals surface area contributed by atoms with Crippen LogP contribution in [0.3, 0.4) is 0 Å². The van der Waals surface area contributed by atoms with Gasteiger partial charge in [0.1, 0.15) is 68.1 Å². The van der Waals surface area contributed by atoms with Gasteiger partial charge in [-0.1, -0.05) is 30.3 Å². The first-order chi connectivity index (χ1) is 51.5. The number of aromatic nitrogens is 4. The number of anilines is 2. The molecule has 4 saturated heterocycles. The summed E-state index contributed by atoms with van der Waals surface area (Å²) in [6.07, 6.45) is -8.88. The molecular weight excluding hydrogens is 1440 g/mol. The second-order valence-electron chi connectivity index (χ2n) is 25.3. The quantitative estimate of drug-likeness (QED) is 0.0308. The van der Waals surface area contributed by atoms with Crippen LogP contribution in [0.1, 0.15) is 57.5 Å². The molecule has 2 aromatic heterocycles. The van der Waals surface area contributed by atoms with E-state index >= 15 is 0 Å². The van der Waals surface area contributed by atoms with E-state index in [1.807, 2.05) is 30.3 Å². The van der Waals surface area contributed by atoms with E-state index in [-0.39, 0.29) is 215 Å². The second-order valence-corrected chi connectivity index (χ2v) is 25.3. The highest BCUT2D eigenvalue weighted by Crippen LogP contribution is 2.39. The third kappa shape index (κ3) is 35.1. The molecule has 0 radical (unpaired) electrons. The van der Waals surface area contributed by atoms with Gasteiger partial charge >= 0.3 is 18.3 Å². The van der Waals surface area contributed by atoms with E-state index in [1.165, 1.54) is 12.4 Å². The average molecular weight is 1540 g/mol. The summed E-state index contributed by atoms with van der Waals surface area (Å²) in [5, 5.41) is 14.2. The monoisotopic (exact) mass is 1540 g/mol. The lowest BCUT2D eigenvalue weighted by molar-refractivity contribution is -0.161. The lowest BCUT2D eigenvalue weighted by Gasteiger charge is -2.37. The smallest absolute Gasteiger partial charge is 0.434 e. The molecule has 3 aromatic rings. The van der Waals surface area contributed by atoms with E-state index in [9.17, 15) is 45.5 Å². The van der Waals surface area contributed by atoms with Crippen LogP contribution in [-0.2, 0) is 133 Å². The maximum Gasteiger partial charge on any atom is 0.434 e. The molecule has 39 heteroatoms. The number of carbonyl (C=O) groups is 4. The highest BCUT2D eigenvalue weighted by Gasteiger charge is 2.54. The molecule has 107 heavy (non-hydrogen) atoms. The van der Waals surface area contributed by atoms with Crippen LogP contribution in [0.15, 0.2) is 55.1 Å². The molecular formula is C68H101F6N9O24. The van der Waals surface area contributed by atoms with Crippen LogP contribution in [-0.4, -0.2) is 308 Å². The third-order valence-electron chi connectivity index (χ3n) is 15.7. The Morgan fingerprint density at radius 3 is 1.27 bits per heavy atom. The molecule has 3 amide bonds. The number of fused-ring (bicyclic) bond motifs is 2. The number of amides is 3. The van der Waals surface area contributed by atoms with Crippen LogP contribution in [0.2, 0.25) is 0 Å². The van der Waals surface area contributed by atoms with Gasteiger partial charge in [0.25, 0.3) is 0 Å². The Morgan fingerprint density at radius 2 is 0.850 bits per heavy atom. The van der Waals surface area contributed by atoms with Crippen molar-refractivity contribution in [2.45, 2.75) is 126 Å². The second kappa shape index (κ2) is 47.7. The van der Waals surface area contributed by atoms with Crippen LogP contribution in [0.5, 0.6) is 0 Å². The Bertz CT molecular complexity index is 2870. The predicted molar refractivity (Wildman–Crippen MR) is 360 cm³/mol. The van der Waals surface area contributed by atoms with E-state index in [0.29, 0.717) is 38.8 Å². The lowest BCUT2D eigenvalue weighted by Crippen LogP contribution is -2.55. The summed E-state index contributed by atoms with van der Waals surface area (Å²) in [4.78, 5) is 64.6. The van der Waals surface area contributed by atoms with Crippen molar-refractivity contribution in [1.82, 2.24) is 35.9 Å². The fourth-order valence-electron chi connectivity index (χ4n) is 10.8. The molecule has 0 bridgehead atoms. The van der Waals surface area contributed by atoms with Gasteiger partial charge < -0.3 is 121 Å². The molecule has 6 heterocycles. The molecule has 2 unspecified atom stereocenters. The minimum Gasteiger partial charge on any atom is -0.459 e. The summed E-state index contributed by atoms with van der Waals surface area (Å²) in [7, 11) is 0. The first kappa shape index (κ1) is 87.9. The van der Waals surface area contributed by atoms with E-state index in [4.69, 9.17) is 94.7 Å². The highest BCUT2D eigenvalue weighted by molar-refractivity contribution is 5.77. The molecule has 604 valence electrons. The number of alkyl halides is 6. The molecule has 4 aliphatic heterocycles. The third-order valence-corrected chi connectivity index (χ3v) is 15.7. The van der Waals surface area contributed by atoms with Gasteiger partial charge in [-0.2, -0.15) is 26.3 Å². The van der Waals surface area contributed by atoms with E-state index in [0.717, 1.165) is 5.56 Å². The summed E-state index contributed by atoms with van der Waals surface area (Å²) in [5.41, 5.74) is -1.39. The number of ether oxygens (including phenoxy) is 20. The van der Waals surface area contributed by atoms with Gasteiger partial charge in [0.15, 0.2) is 23.0 Å². The number of carbonyl (C=O) groups excluding carboxylic acids is 4. The SMILES string of the molecule is CC1(C)O[C@@H]2[C@H](O1)[C@@H](Nc1cncc(C(F)(F)F)n1)CO[C@@H]2COCCOCCOCCOCCNC(=O)CCOCC(COCCC(=O)NCCOCCOCCOCCOCC1OC[C@H](Nc2cncc(C(F)(F)F)n2)[C@H]2OC(C)(C)O[C@@H]12)NC(=O)COCCOCCOCC(=O)OCc1ccccc1. The number of nitrogens with zero attached hydrogens (tertiary/aromatic N) is 4. The minimum atomic E-state index is -4.65. The molecule has 4 aliphatic rings. The Balaban J connectivity index is 0.670. The molecule has 0 saturated carbocycles. The molecule has 0 aliphatic carbocycles. The first-order valence-electron chi connectivity index (χ1n) is 35.3. The number of hydrogen-bond donors (Lipinski definition) is 5. The molecule has 4 fully saturated rings. The fourth-order valence-corrected chi connectivity index (χ4v) is 10.8. The van der Waals surface area contributed by atoms with Crippen molar-refractivity contribution < 1.29 is 140 Å². The summed E-state index contributed by atoms with van der Waals surface area (Å²) in [6, 6.07) is 7.44. The van der Waals surface area contributed by atoms with E-state index in [1.54, 1.807) is 27.7 Å². The zero-order valence-electron chi connectivity index (χ0n) is 60.6. The molecule has 5 N–H and O–H groups in total. The van der Waals surface area contributed by atoms with Gasteiger partial charge in [0.05, 0.1) is 215 Å². The summed E-state index contributed by atoms with van der Waals surface area (Å²) in [5.74, 6) is -3.64. The van der Waals surface area contributed by atoms with Crippen molar-refractivity contribution in [3.63, 3.8) is 0 Å². The number of esters is 1. The number of nitrogens with one attached hydrogen (secondary N) is 5. The van der Waals surface area contributed by atoms with Crippen LogP contribution in [0.25, 0.3) is 0 Å². The molecule has 1 aromatic carbocycles. The van der Waals surface area contributed by atoms with Crippen molar-refractivity contribution >= 4 is 35.3 Å². The number of rotatable bonds is 55. The molecule has 9 atom stereocenters. The van der Waals surface area contributed by atoms with Crippen molar-refractivity contribution in [2.24, 2.45) is 0 Å². The van der Waals surface area contributed by atoms with Gasteiger partial charge in [-0.15, -0.1) is 0 Å². The molecule has 33 nitrogen and oxygen atoms in total. The number of halogens is 6. The topological polar surface area (TPSA) is 365 Å². The zero-order chi connectivity index (χ0) is 76.6. The predicted octanol–water partition coefficient (Wildman–Crippen LogP) is 2.86. The Labute approximate surface area is 616 Å². The summed E-state index contributed by atoms with van der Waals surface area (Å²) in [6.45, 7) is 11.9. The highest BCUT2D eigenvalue weighted by atomic mass is 19.4. The van der Waals surface area contributed by atoms with Crippen molar-refractivity contribution in [1.29, 1.82) is 0 Å². The van der Waals surface area contributed by atoms with Gasteiger partial charge in [-0.05, 0) is 33.3 Å². The van der Waals surface area contributed by atoms with Gasteiger partial charge in [0.2, 0.25) is 17.7 Å². The lowest BCUT2D eigenvalue weighted by atomic mass is 9.98. The maximum atomic E-state index is 13.2. The van der Waals surface area contributed by atoms with Crippen molar-refractivity contribution in [3.05, 3.63) is 72.1 Å². The van der Waals surface area contributed by atoms with E-state index in [2.05, 4.69) is 46.5 Å². The van der Waals surface area contributed by atoms with Gasteiger partial charge in [-0.3, -0.25) is 24.4 Å². The number of hydrogen-bond acceptors (Lipinski definition) is 30. The standard InChI is InChI=1S/C68H101F6N9O24/c1-65(2)104-61-49(80-55-36-75-34-53(82-55)67(69,70)71)41-101-51(63(61)106-65)43-97-30-26-92-24-22-90-20-18-88-16-12-77-57(84)10-14-95-39-48(79-59(86)45-99-32-28-94-29-33-100-46-60(87)103-38-47-8-6-5-7-9-47)40-96-15-11-58(85)78-13-17-89-19-21-91-23-25-93-27-31-98-44-52-64-62(105-66(3,4)107-64)50(42-102-52)81-56-37-76-35-54(83-56)68(72,73)74/h5-9,34-37,48-52,61-64H,10-33,38-46H2,1-4H3,(H,77,84)(H,78,85)(H,79,86)(H,80,82)(H,81,83)/t48?,49-,50-,51+,52?,61+,62+,63-,64-/m0/s1. The van der Waals surface area contributed by atoms with Gasteiger partial charge in [-0.25, -0.2) is 14.8 Å². The van der Waals surface area contributed by atoms with Crippen molar-refractivity contribution in [3.8, 4) is 0 Å². The summed E-state index contributed by atoms with van der Waals surface area (Å²) >= 11 is 0. The largest absolute Gasteiger partial charge is 0.459 e. The summed E-state index contributed by atoms with van der Waals surface area (Å²) < 4.78 is 194. The number of benzene rings is 1. The molecule has 7 rings (SSSR count). The Hall–Kier alpha value is -6.32. The maximum absolute atomic E-state index is 13.2. The first-order valence-corrected chi connectivity index (χ1v) is 35.3. The average Bonchev–Trinajstić information content (AvgIpc) is 1.65. The van der Waals surface area contributed by atoms with E-state index < -0.39 is 102 Å².